The second-order valence-corrected chi connectivity index (χ2v) is 5.02. The minimum absolute atomic E-state index is 0.191. The van der Waals surface area contributed by atoms with Gasteiger partial charge in [-0.15, -0.1) is 0 Å². The zero-order valence-corrected chi connectivity index (χ0v) is 11.2. The van der Waals surface area contributed by atoms with Gasteiger partial charge >= 0.3 is 0 Å². The fourth-order valence-electron chi connectivity index (χ4n) is 2.47. The van der Waals surface area contributed by atoms with E-state index in [1.165, 1.54) is 18.2 Å². The molecule has 1 fully saturated rings. The van der Waals surface area contributed by atoms with Gasteiger partial charge in [-0.2, -0.15) is 0 Å². The third-order valence-corrected chi connectivity index (χ3v) is 3.54. The number of benzene rings is 1. The second-order valence-electron chi connectivity index (χ2n) is 5.02. The molecule has 0 spiro atoms. The van der Waals surface area contributed by atoms with Crippen LogP contribution >= 0.6 is 0 Å². The molecule has 2 aromatic rings. The van der Waals surface area contributed by atoms with Gasteiger partial charge in [-0.25, -0.2) is 8.78 Å². The molecule has 2 nitrogen and oxygen atoms in total. The molecule has 0 amide bonds. The van der Waals surface area contributed by atoms with Crippen molar-refractivity contribution in [2.75, 3.05) is 6.61 Å². The maximum Gasteiger partial charge on any atom is 0.123 e. The maximum atomic E-state index is 13.4. The second kappa shape index (κ2) is 4.87. The lowest BCUT2D eigenvalue weighted by Crippen LogP contribution is -2.05. The van der Waals surface area contributed by atoms with Crippen molar-refractivity contribution in [3.8, 4) is 0 Å². The third kappa shape index (κ3) is 2.39. The molecule has 20 heavy (non-hydrogen) atoms. The highest BCUT2D eigenvalue weighted by Crippen LogP contribution is 2.29. The Morgan fingerprint density at radius 1 is 1.55 bits per heavy atom. The highest BCUT2D eigenvalue weighted by atomic mass is 19.1. The van der Waals surface area contributed by atoms with E-state index in [0.29, 0.717) is 6.54 Å². The van der Waals surface area contributed by atoms with E-state index in [-0.39, 0.29) is 11.9 Å². The summed E-state index contributed by atoms with van der Waals surface area (Å²) in [6.45, 7) is 6.56. The molecule has 1 atom stereocenters. The van der Waals surface area contributed by atoms with Crippen molar-refractivity contribution < 1.29 is 13.5 Å². The molecule has 0 radical (unpaired) electrons. The zero-order valence-electron chi connectivity index (χ0n) is 11.2. The average Bonchev–Trinajstić information content (AvgIpc) is 3.16. The number of hydrogen-bond donors (Lipinski definition) is 0. The molecule has 1 aliphatic rings. The van der Waals surface area contributed by atoms with Crippen LogP contribution < -0.4 is 0 Å². The summed E-state index contributed by atoms with van der Waals surface area (Å²) in [7, 11) is 0. The summed E-state index contributed by atoms with van der Waals surface area (Å²) in [5, 5.41) is 0.842. The number of rotatable bonds is 4. The van der Waals surface area contributed by atoms with E-state index in [4.69, 9.17) is 4.74 Å². The van der Waals surface area contributed by atoms with Gasteiger partial charge in [-0.1, -0.05) is 6.58 Å². The molecule has 0 N–H and O–H groups in total. The molecule has 1 aromatic heterocycles. The first-order valence-corrected chi connectivity index (χ1v) is 6.48. The Kier molecular flexibility index (Phi) is 3.18. The van der Waals surface area contributed by atoms with Crippen LogP contribution in [0.3, 0.4) is 0 Å². The number of aromatic nitrogens is 1. The predicted molar refractivity (Wildman–Crippen MR) is 75.7 cm³/mol. The van der Waals surface area contributed by atoms with Crippen molar-refractivity contribution in [1.29, 1.82) is 0 Å². The van der Waals surface area contributed by atoms with Crippen LogP contribution in [0.5, 0.6) is 0 Å². The Labute approximate surface area is 116 Å². The predicted octanol–water partition coefficient (Wildman–Crippen LogP) is 3.98. The summed E-state index contributed by atoms with van der Waals surface area (Å²) in [5.74, 6) is -0.777. The maximum absolute atomic E-state index is 13.4. The Bertz CT molecular complexity index is 711. The SMILES string of the molecule is C=C(F)/C=C\c1c(C)c2cc(F)ccc2n1C[C@@H]1CO1. The summed E-state index contributed by atoms with van der Waals surface area (Å²) < 4.78 is 33.6. The first kappa shape index (κ1) is 13.1. The highest BCUT2D eigenvalue weighted by molar-refractivity contribution is 5.88. The summed E-state index contributed by atoms with van der Waals surface area (Å²) in [5.41, 5.74) is 2.72. The van der Waals surface area contributed by atoms with E-state index in [0.717, 1.165) is 28.8 Å². The van der Waals surface area contributed by atoms with Crippen molar-refractivity contribution in [3.63, 3.8) is 0 Å². The molecule has 0 aliphatic carbocycles. The van der Waals surface area contributed by atoms with Crippen molar-refractivity contribution >= 4 is 17.0 Å². The van der Waals surface area contributed by atoms with E-state index in [1.54, 1.807) is 12.1 Å². The smallest absolute Gasteiger partial charge is 0.123 e. The summed E-state index contributed by atoms with van der Waals surface area (Å²) >= 11 is 0. The Morgan fingerprint density at radius 2 is 2.30 bits per heavy atom. The van der Waals surface area contributed by atoms with Gasteiger partial charge in [-0.05, 0) is 42.8 Å². The number of ether oxygens (including phenoxy) is 1. The molecule has 1 saturated heterocycles. The zero-order chi connectivity index (χ0) is 14.3. The molecule has 0 bridgehead atoms. The monoisotopic (exact) mass is 275 g/mol. The van der Waals surface area contributed by atoms with Gasteiger partial charge in [0.2, 0.25) is 0 Å². The molecule has 1 aliphatic heterocycles. The lowest BCUT2D eigenvalue weighted by atomic mass is 10.1. The number of allylic oxidation sites excluding steroid dienone is 2. The van der Waals surface area contributed by atoms with E-state index in [1.807, 2.05) is 11.5 Å². The van der Waals surface area contributed by atoms with Crippen molar-refractivity contribution in [2.24, 2.45) is 0 Å². The van der Waals surface area contributed by atoms with Crippen LogP contribution in [0, 0.1) is 12.7 Å². The van der Waals surface area contributed by atoms with E-state index in [9.17, 15) is 8.78 Å². The Hall–Kier alpha value is -1.94. The molecular formula is C16H15F2NO. The number of aryl methyl sites for hydroxylation is 1. The molecule has 4 heteroatoms. The fraction of sp³-hybridized carbons (Fsp3) is 0.250. The highest BCUT2D eigenvalue weighted by Gasteiger charge is 2.25. The van der Waals surface area contributed by atoms with E-state index in [2.05, 4.69) is 6.58 Å². The van der Waals surface area contributed by atoms with Gasteiger partial charge < -0.3 is 9.30 Å². The molecule has 0 saturated carbocycles. The minimum atomic E-state index is -0.505. The largest absolute Gasteiger partial charge is 0.371 e. The first-order valence-electron chi connectivity index (χ1n) is 6.48. The number of hydrogen-bond acceptors (Lipinski definition) is 1. The quantitative estimate of drug-likeness (QED) is 0.609. The van der Waals surface area contributed by atoms with Crippen LogP contribution in [0.1, 0.15) is 11.3 Å². The van der Waals surface area contributed by atoms with E-state index >= 15 is 0 Å². The van der Waals surface area contributed by atoms with Gasteiger partial charge in [0.15, 0.2) is 0 Å². The van der Waals surface area contributed by atoms with Crippen molar-refractivity contribution in [3.05, 3.63) is 53.8 Å². The van der Waals surface area contributed by atoms with Gasteiger partial charge in [0.05, 0.1) is 19.3 Å². The molecule has 2 heterocycles. The standard InChI is InChI=1S/C16H15F2NO/c1-10(17)3-5-15-11(2)14-7-12(18)4-6-16(14)19(15)8-13-9-20-13/h3-7,13H,1,8-9H2,2H3/b5-3-/t13-/m1/s1. The lowest BCUT2D eigenvalue weighted by Gasteiger charge is -2.06. The summed E-state index contributed by atoms with van der Waals surface area (Å²) in [4.78, 5) is 0. The van der Waals surface area contributed by atoms with Crippen LogP contribution in [0.15, 0.2) is 36.7 Å². The van der Waals surface area contributed by atoms with Crippen LogP contribution in [0.25, 0.3) is 17.0 Å². The lowest BCUT2D eigenvalue weighted by molar-refractivity contribution is 0.385. The van der Waals surface area contributed by atoms with Crippen molar-refractivity contribution in [2.45, 2.75) is 19.6 Å². The van der Waals surface area contributed by atoms with Crippen LogP contribution in [-0.4, -0.2) is 17.3 Å². The molecule has 1 aromatic carbocycles. The Balaban J connectivity index is 2.18. The average molecular weight is 275 g/mol. The number of nitrogens with zero attached hydrogens (tertiary/aromatic N) is 1. The normalized spacial score (nSPS) is 18.1. The van der Waals surface area contributed by atoms with Gasteiger partial charge in [0, 0.05) is 16.6 Å². The summed E-state index contributed by atoms with van der Waals surface area (Å²) in [6.07, 6.45) is 3.19. The topological polar surface area (TPSA) is 17.5 Å². The number of halogens is 2. The van der Waals surface area contributed by atoms with Gasteiger partial charge in [-0.3, -0.25) is 0 Å². The fourth-order valence-corrected chi connectivity index (χ4v) is 2.47. The number of fused-ring (bicyclic) bond motifs is 1. The number of epoxide rings is 1. The Morgan fingerprint density at radius 3 is 2.95 bits per heavy atom. The summed E-state index contributed by atoms with van der Waals surface area (Å²) in [6, 6.07) is 4.70. The van der Waals surface area contributed by atoms with Gasteiger partial charge in [0.1, 0.15) is 11.6 Å². The van der Waals surface area contributed by atoms with Crippen molar-refractivity contribution in [1.82, 2.24) is 4.57 Å². The van der Waals surface area contributed by atoms with Crippen LogP contribution in [0.2, 0.25) is 0 Å². The molecular weight excluding hydrogens is 260 g/mol. The molecule has 104 valence electrons. The van der Waals surface area contributed by atoms with Crippen LogP contribution in [-0.2, 0) is 11.3 Å². The van der Waals surface area contributed by atoms with Gasteiger partial charge in [0.25, 0.3) is 0 Å². The van der Waals surface area contributed by atoms with Crippen LogP contribution in [0.4, 0.5) is 8.78 Å². The molecule has 0 unspecified atom stereocenters. The van der Waals surface area contributed by atoms with E-state index < -0.39 is 5.83 Å². The minimum Gasteiger partial charge on any atom is -0.371 e. The third-order valence-electron chi connectivity index (χ3n) is 3.54. The molecule has 3 rings (SSSR count). The first-order chi connectivity index (χ1) is 9.56.